The van der Waals surface area contributed by atoms with Gasteiger partial charge in [0.05, 0.1) is 0 Å². The fraction of sp³-hybridized carbons (Fsp3) is 0.667. The molecule has 98 valence electrons. The highest BCUT2D eigenvalue weighted by atomic mass is 16.4. The molecule has 0 fully saturated rings. The van der Waals surface area contributed by atoms with Crippen molar-refractivity contribution in [2.75, 3.05) is 19.6 Å². The molecule has 0 aliphatic rings. The smallest absolute Gasteiger partial charge is 0.323 e. The summed E-state index contributed by atoms with van der Waals surface area (Å²) in [5, 5.41) is 11.4. The van der Waals surface area contributed by atoms with Gasteiger partial charge in [0.15, 0.2) is 0 Å². The van der Waals surface area contributed by atoms with Gasteiger partial charge in [0.2, 0.25) is 0 Å². The van der Waals surface area contributed by atoms with Gasteiger partial charge in [-0.25, -0.2) is 4.79 Å². The van der Waals surface area contributed by atoms with E-state index in [0.29, 0.717) is 12.5 Å². The first-order valence-corrected chi connectivity index (χ1v) is 5.82. The van der Waals surface area contributed by atoms with Crippen LogP contribution in [0.2, 0.25) is 0 Å². The van der Waals surface area contributed by atoms with Crippen molar-refractivity contribution in [1.82, 2.24) is 10.2 Å². The van der Waals surface area contributed by atoms with Gasteiger partial charge in [0, 0.05) is 13.1 Å². The molecular weight excluding hydrogens is 220 g/mol. The lowest BCUT2D eigenvalue weighted by atomic mass is 10.1. The molecule has 0 spiro atoms. The van der Waals surface area contributed by atoms with Crippen LogP contribution in [0.4, 0.5) is 4.79 Å². The molecule has 5 nitrogen and oxygen atoms in total. The predicted octanol–water partition coefficient (Wildman–Crippen LogP) is 1.70. The number of carbonyl (C=O) groups excluding carboxylic acids is 1. The zero-order valence-electron chi connectivity index (χ0n) is 10.6. The Hall–Kier alpha value is -1.52. The first-order chi connectivity index (χ1) is 7.97. The van der Waals surface area contributed by atoms with Crippen LogP contribution in [0.25, 0.3) is 0 Å². The van der Waals surface area contributed by atoms with Crippen LogP contribution in [0.3, 0.4) is 0 Å². The van der Waals surface area contributed by atoms with Gasteiger partial charge >= 0.3 is 12.0 Å². The van der Waals surface area contributed by atoms with Crippen LogP contribution in [0.15, 0.2) is 12.7 Å². The topological polar surface area (TPSA) is 69.6 Å². The summed E-state index contributed by atoms with van der Waals surface area (Å²) >= 11 is 0. The lowest BCUT2D eigenvalue weighted by Crippen LogP contribution is -2.43. The molecule has 0 radical (unpaired) electrons. The fourth-order valence-corrected chi connectivity index (χ4v) is 1.36. The standard InChI is InChI=1S/C12H22N2O3/c1-4-8-14(9-11(15)16)12(17)13-7-5-6-10(2)3/h4,10H,1,5-9H2,2-3H3,(H,13,17)(H,15,16). The monoisotopic (exact) mass is 242 g/mol. The SMILES string of the molecule is C=CCN(CC(=O)O)C(=O)NCCCC(C)C. The predicted molar refractivity (Wildman–Crippen MR) is 66.9 cm³/mol. The summed E-state index contributed by atoms with van der Waals surface area (Å²) in [5.74, 6) is -0.417. The van der Waals surface area contributed by atoms with Crippen molar-refractivity contribution in [3.05, 3.63) is 12.7 Å². The second-order valence-electron chi connectivity index (χ2n) is 4.33. The molecule has 0 saturated carbocycles. The van der Waals surface area contributed by atoms with E-state index in [0.717, 1.165) is 12.8 Å². The van der Waals surface area contributed by atoms with Crippen LogP contribution in [0.1, 0.15) is 26.7 Å². The number of rotatable bonds is 8. The van der Waals surface area contributed by atoms with Gasteiger partial charge in [0.25, 0.3) is 0 Å². The summed E-state index contributed by atoms with van der Waals surface area (Å²) in [7, 11) is 0. The fourth-order valence-electron chi connectivity index (χ4n) is 1.36. The molecule has 0 aromatic carbocycles. The molecule has 0 unspecified atom stereocenters. The number of carboxylic acid groups (broad SMARTS) is 1. The normalized spacial score (nSPS) is 10.1. The number of urea groups is 1. The maximum Gasteiger partial charge on any atom is 0.323 e. The molecule has 0 aliphatic heterocycles. The number of amides is 2. The Morgan fingerprint density at radius 1 is 1.47 bits per heavy atom. The zero-order chi connectivity index (χ0) is 13.3. The molecule has 17 heavy (non-hydrogen) atoms. The molecule has 0 aromatic rings. The summed E-state index contributed by atoms with van der Waals surface area (Å²) in [4.78, 5) is 23.4. The maximum atomic E-state index is 11.6. The summed E-state index contributed by atoms with van der Waals surface area (Å²) < 4.78 is 0. The molecule has 0 bridgehead atoms. The van der Waals surface area contributed by atoms with Gasteiger partial charge in [-0.2, -0.15) is 0 Å². The summed E-state index contributed by atoms with van der Waals surface area (Å²) in [6.07, 6.45) is 3.45. The molecule has 5 heteroatoms. The van der Waals surface area contributed by atoms with E-state index >= 15 is 0 Å². The van der Waals surface area contributed by atoms with Crippen LogP contribution < -0.4 is 5.32 Å². The minimum atomic E-state index is -1.02. The second kappa shape index (κ2) is 8.61. The van der Waals surface area contributed by atoms with Crippen LogP contribution in [0.5, 0.6) is 0 Å². The number of carboxylic acids is 1. The van der Waals surface area contributed by atoms with Gasteiger partial charge in [-0.1, -0.05) is 19.9 Å². The van der Waals surface area contributed by atoms with E-state index in [2.05, 4.69) is 25.7 Å². The molecular formula is C12H22N2O3. The molecule has 0 rings (SSSR count). The van der Waals surface area contributed by atoms with Crippen LogP contribution >= 0.6 is 0 Å². The van der Waals surface area contributed by atoms with E-state index in [1.165, 1.54) is 11.0 Å². The molecule has 2 N–H and O–H groups in total. The Morgan fingerprint density at radius 3 is 2.59 bits per heavy atom. The van der Waals surface area contributed by atoms with Crippen molar-refractivity contribution in [3.8, 4) is 0 Å². The third-order valence-corrected chi connectivity index (χ3v) is 2.20. The highest BCUT2D eigenvalue weighted by Crippen LogP contribution is 2.02. The summed E-state index contributed by atoms with van der Waals surface area (Å²) in [5.41, 5.74) is 0. The lowest BCUT2D eigenvalue weighted by molar-refractivity contribution is -0.137. The largest absolute Gasteiger partial charge is 0.480 e. The number of hydrogen-bond acceptors (Lipinski definition) is 2. The molecule has 0 aliphatic carbocycles. The highest BCUT2D eigenvalue weighted by Gasteiger charge is 2.14. The quantitative estimate of drug-likeness (QED) is 0.503. The Kier molecular flexibility index (Phi) is 7.84. The Morgan fingerprint density at radius 2 is 2.12 bits per heavy atom. The molecule has 2 amide bonds. The summed E-state index contributed by atoms with van der Waals surface area (Å²) in [6.45, 7) is 8.25. The maximum absolute atomic E-state index is 11.6. The van der Waals surface area contributed by atoms with E-state index < -0.39 is 5.97 Å². The minimum Gasteiger partial charge on any atom is -0.480 e. The van der Waals surface area contributed by atoms with Crippen LogP contribution in [-0.4, -0.2) is 41.6 Å². The van der Waals surface area contributed by atoms with Crippen molar-refractivity contribution in [2.45, 2.75) is 26.7 Å². The lowest BCUT2D eigenvalue weighted by Gasteiger charge is -2.19. The highest BCUT2D eigenvalue weighted by molar-refractivity contribution is 5.80. The van der Waals surface area contributed by atoms with Gasteiger partial charge in [-0.05, 0) is 18.8 Å². The van der Waals surface area contributed by atoms with E-state index in [-0.39, 0.29) is 19.1 Å². The zero-order valence-corrected chi connectivity index (χ0v) is 10.6. The second-order valence-corrected chi connectivity index (χ2v) is 4.33. The summed E-state index contributed by atoms with van der Waals surface area (Å²) in [6, 6.07) is -0.351. The van der Waals surface area contributed by atoms with Gasteiger partial charge in [0.1, 0.15) is 6.54 Å². The van der Waals surface area contributed by atoms with Gasteiger partial charge < -0.3 is 15.3 Å². The molecule has 0 saturated heterocycles. The Balaban J connectivity index is 3.96. The van der Waals surface area contributed by atoms with Crippen LogP contribution in [0, 0.1) is 5.92 Å². The molecule has 0 atom stereocenters. The van der Waals surface area contributed by atoms with Crippen molar-refractivity contribution in [1.29, 1.82) is 0 Å². The molecule has 0 heterocycles. The number of carbonyl (C=O) groups is 2. The molecule has 0 aromatic heterocycles. The van der Waals surface area contributed by atoms with E-state index in [9.17, 15) is 9.59 Å². The van der Waals surface area contributed by atoms with Crippen LogP contribution in [-0.2, 0) is 4.79 Å². The number of nitrogens with one attached hydrogen (secondary N) is 1. The Bertz CT molecular complexity index is 264. The minimum absolute atomic E-state index is 0.238. The van der Waals surface area contributed by atoms with Crippen molar-refractivity contribution in [2.24, 2.45) is 5.92 Å². The average molecular weight is 242 g/mol. The third kappa shape index (κ3) is 8.30. The van der Waals surface area contributed by atoms with Crippen molar-refractivity contribution < 1.29 is 14.7 Å². The van der Waals surface area contributed by atoms with Crippen molar-refractivity contribution >= 4 is 12.0 Å². The first-order valence-electron chi connectivity index (χ1n) is 5.82. The number of nitrogens with zero attached hydrogens (tertiary/aromatic N) is 1. The van der Waals surface area contributed by atoms with Crippen molar-refractivity contribution in [3.63, 3.8) is 0 Å². The van der Waals surface area contributed by atoms with E-state index in [1.54, 1.807) is 0 Å². The third-order valence-electron chi connectivity index (χ3n) is 2.20. The Labute approximate surface area is 102 Å². The average Bonchev–Trinajstić information content (AvgIpc) is 2.22. The van der Waals surface area contributed by atoms with E-state index in [4.69, 9.17) is 5.11 Å². The van der Waals surface area contributed by atoms with Gasteiger partial charge in [-0.15, -0.1) is 6.58 Å². The first kappa shape index (κ1) is 15.5. The number of aliphatic carboxylic acids is 1. The van der Waals surface area contributed by atoms with E-state index in [1.807, 2.05) is 0 Å². The number of hydrogen-bond donors (Lipinski definition) is 2. The van der Waals surface area contributed by atoms with Gasteiger partial charge in [-0.3, -0.25) is 4.79 Å².